The van der Waals surface area contributed by atoms with Crippen LogP contribution in [-0.4, -0.2) is 48.1 Å². The number of benzene rings is 2. The van der Waals surface area contributed by atoms with Crippen molar-refractivity contribution in [3.63, 3.8) is 0 Å². The Morgan fingerprint density at radius 1 is 0.943 bits per heavy atom. The zero-order valence-electron chi connectivity index (χ0n) is 19.9. The fourth-order valence-corrected chi connectivity index (χ4v) is 4.12. The third kappa shape index (κ3) is 7.57. The summed E-state index contributed by atoms with van der Waals surface area (Å²) < 4.78 is 5.43. The normalized spacial score (nSPS) is 13.8. The Labute approximate surface area is 206 Å². The molecule has 2 amide bonds. The summed E-state index contributed by atoms with van der Waals surface area (Å²) in [5.41, 5.74) is 2.82. The molecule has 182 valence electrons. The van der Waals surface area contributed by atoms with E-state index in [0.29, 0.717) is 36.9 Å². The van der Waals surface area contributed by atoms with E-state index in [9.17, 15) is 9.59 Å². The molecule has 7 heteroatoms. The fraction of sp³-hybridized carbons (Fsp3) is 0.321. The summed E-state index contributed by atoms with van der Waals surface area (Å²) in [7, 11) is 0. The van der Waals surface area contributed by atoms with Gasteiger partial charge in [-0.1, -0.05) is 60.7 Å². The van der Waals surface area contributed by atoms with E-state index >= 15 is 0 Å². The molecule has 0 unspecified atom stereocenters. The zero-order valence-corrected chi connectivity index (χ0v) is 19.9. The Kier molecular flexibility index (Phi) is 8.70. The first kappa shape index (κ1) is 24.3. The van der Waals surface area contributed by atoms with Crippen LogP contribution in [0.5, 0.6) is 0 Å². The van der Waals surface area contributed by atoms with Crippen LogP contribution in [0.25, 0.3) is 0 Å². The second kappa shape index (κ2) is 12.6. The Hall–Kier alpha value is -3.87. The molecule has 1 aliphatic rings. The maximum atomic E-state index is 12.7. The Morgan fingerprint density at radius 2 is 1.63 bits per heavy atom. The van der Waals surface area contributed by atoms with Crippen LogP contribution in [0.4, 0.5) is 10.6 Å². The van der Waals surface area contributed by atoms with Gasteiger partial charge in [-0.3, -0.25) is 4.79 Å². The Balaban J connectivity index is 1.16. The second-order valence-corrected chi connectivity index (χ2v) is 8.77. The summed E-state index contributed by atoms with van der Waals surface area (Å²) >= 11 is 0. The summed E-state index contributed by atoms with van der Waals surface area (Å²) in [6, 6.07) is 23.4. The number of hydrogen-bond donors (Lipinski definition) is 2. The van der Waals surface area contributed by atoms with Crippen LogP contribution in [0.2, 0.25) is 0 Å². The van der Waals surface area contributed by atoms with Crippen molar-refractivity contribution in [2.24, 2.45) is 5.92 Å². The van der Waals surface area contributed by atoms with Crippen LogP contribution in [0.1, 0.15) is 34.3 Å². The molecule has 2 aromatic carbocycles. The van der Waals surface area contributed by atoms with Crippen molar-refractivity contribution in [1.29, 1.82) is 0 Å². The molecule has 0 spiro atoms. The molecule has 0 atom stereocenters. The van der Waals surface area contributed by atoms with Crippen molar-refractivity contribution in [3.8, 4) is 0 Å². The van der Waals surface area contributed by atoms with Gasteiger partial charge in [-0.25, -0.2) is 9.78 Å². The van der Waals surface area contributed by atoms with E-state index < -0.39 is 0 Å². The number of ether oxygens (including phenoxy) is 1. The maximum Gasteiger partial charge on any atom is 0.410 e. The number of likely N-dealkylation sites (tertiary alicyclic amines) is 1. The number of nitrogens with one attached hydrogen (secondary N) is 2. The van der Waals surface area contributed by atoms with Crippen LogP contribution >= 0.6 is 0 Å². The van der Waals surface area contributed by atoms with E-state index in [1.165, 1.54) is 5.56 Å². The lowest BCUT2D eigenvalue weighted by molar-refractivity contribution is 0.0801. The molecule has 1 fully saturated rings. The largest absolute Gasteiger partial charge is 0.445 e. The number of aromatic nitrogens is 1. The summed E-state index contributed by atoms with van der Waals surface area (Å²) in [5, 5.41) is 6.33. The average Bonchev–Trinajstić information content (AvgIpc) is 2.92. The quantitative estimate of drug-likeness (QED) is 0.479. The second-order valence-electron chi connectivity index (χ2n) is 8.77. The van der Waals surface area contributed by atoms with Crippen molar-refractivity contribution in [3.05, 3.63) is 95.7 Å². The molecule has 0 saturated carbocycles. The number of piperidine rings is 1. The number of anilines is 1. The molecular weight excluding hydrogens is 440 g/mol. The number of hydrogen-bond acceptors (Lipinski definition) is 5. The van der Waals surface area contributed by atoms with Crippen molar-refractivity contribution < 1.29 is 14.3 Å². The number of rotatable bonds is 9. The van der Waals surface area contributed by atoms with Crippen molar-refractivity contribution in [1.82, 2.24) is 15.2 Å². The molecule has 1 aliphatic heterocycles. The van der Waals surface area contributed by atoms with E-state index in [4.69, 9.17) is 4.74 Å². The molecule has 3 aromatic rings. The first-order valence-corrected chi connectivity index (χ1v) is 12.1. The number of nitrogens with zero attached hydrogens (tertiary/aromatic N) is 2. The van der Waals surface area contributed by atoms with Crippen molar-refractivity contribution in [2.45, 2.75) is 25.9 Å². The van der Waals surface area contributed by atoms with Gasteiger partial charge in [0.15, 0.2) is 0 Å². The lowest BCUT2D eigenvalue weighted by atomic mass is 9.97. The fourth-order valence-electron chi connectivity index (χ4n) is 4.12. The molecule has 1 saturated heterocycles. The minimum Gasteiger partial charge on any atom is -0.445 e. The highest BCUT2D eigenvalue weighted by atomic mass is 16.6. The van der Waals surface area contributed by atoms with E-state index in [1.807, 2.05) is 48.5 Å². The summed E-state index contributed by atoms with van der Waals surface area (Å²) in [6.07, 6.45) is 3.93. The summed E-state index contributed by atoms with van der Waals surface area (Å²) in [4.78, 5) is 31.1. The first-order chi connectivity index (χ1) is 17.2. The van der Waals surface area contributed by atoms with Gasteiger partial charge in [0, 0.05) is 37.9 Å². The highest BCUT2D eigenvalue weighted by molar-refractivity contribution is 5.94. The number of carbonyl (C=O) groups is 2. The first-order valence-electron chi connectivity index (χ1n) is 12.1. The molecule has 7 nitrogen and oxygen atoms in total. The number of amides is 2. The third-order valence-electron chi connectivity index (χ3n) is 6.21. The number of pyridine rings is 1. The van der Waals surface area contributed by atoms with Crippen LogP contribution in [0, 0.1) is 5.92 Å². The lowest BCUT2D eigenvalue weighted by Gasteiger charge is -2.31. The van der Waals surface area contributed by atoms with Gasteiger partial charge in [0.25, 0.3) is 5.91 Å². The Morgan fingerprint density at radius 3 is 2.34 bits per heavy atom. The van der Waals surface area contributed by atoms with Gasteiger partial charge < -0.3 is 20.3 Å². The number of carbonyl (C=O) groups excluding carboxylic acids is 2. The predicted molar refractivity (Wildman–Crippen MR) is 136 cm³/mol. The third-order valence-corrected chi connectivity index (χ3v) is 6.21. The molecule has 0 bridgehead atoms. The van der Waals surface area contributed by atoms with Gasteiger partial charge in [0.05, 0.1) is 0 Å². The Bertz CT molecular complexity index is 1080. The van der Waals surface area contributed by atoms with Gasteiger partial charge in [0.1, 0.15) is 12.4 Å². The van der Waals surface area contributed by atoms with Crippen LogP contribution in [-0.2, 0) is 17.8 Å². The van der Waals surface area contributed by atoms with Gasteiger partial charge in [-0.2, -0.15) is 0 Å². The lowest BCUT2D eigenvalue weighted by Crippen LogP contribution is -2.41. The van der Waals surface area contributed by atoms with E-state index in [1.54, 1.807) is 23.2 Å². The van der Waals surface area contributed by atoms with Gasteiger partial charge >= 0.3 is 6.09 Å². The molecule has 0 aliphatic carbocycles. The molecular formula is C28H32N4O3. The van der Waals surface area contributed by atoms with Crippen LogP contribution < -0.4 is 10.6 Å². The van der Waals surface area contributed by atoms with Gasteiger partial charge in [0.2, 0.25) is 0 Å². The molecule has 2 heterocycles. The van der Waals surface area contributed by atoms with Gasteiger partial charge in [-0.05, 0) is 48.4 Å². The average molecular weight is 473 g/mol. The molecule has 35 heavy (non-hydrogen) atoms. The minimum atomic E-state index is -0.277. The van der Waals surface area contributed by atoms with Crippen LogP contribution in [0.15, 0.2) is 79.0 Å². The maximum absolute atomic E-state index is 12.7. The summed E-state index contributed by atoms with van der Waals surface area (Å²) in [5.74, 6) is 0.918. The minimum absolute atomic E-state index is 0.108. The molecule has 0 radical (unpaired) electrons. The SMILES string of the molecule is O=C(NCC1CCN(C(=O)OCc2ccccc2)CC1)c1ccnc(NCCc2ccccc2)c1. The van der Waals surface area contributed by atoms with Crippen molar-refractivity contribution in [2.75, 3.05) is 31.5 Å². The zero-order chi connectivity index (χ0) is 24.3. The van der Waals surface area contributed by atoms with E-state index in [2.05, 4.69) is 27.8 Å². The highest BCUT2D eigenvalue weighted by Gasteiger charge is 2.24. The van der Waals surface area contributed by atoms with E-state index in [-0.39, 0.29) is 18.6 Å². The van der Waals surface area contributed by atoms with E-state index in [0.717, 1.165) is 31.4 Å². The molecule has 4 rings (SSSR count). The predicted octanol–water partition coefficient (Wildman–Crippen LogP) is 4.51. The molecule has 2 N–H and O–H groups in total. The smallest absolute Gasteiger partial charge is 0.410 e. The monoisotopic (exact) mass is 472 g/mol. The van der Waals surface area contributed by atoms with Crippen LogP contribution in [0.3, 0.4) is 0 Å². The standard InChI is InChI=1S/C28H32N4O3/c33-27(25-12-16-30-26(19-25)29-15-11-22-7-3-1-4-8-22)31-20-23-13-17-32(18-14-23)28(34)35-21-24-9-5-2-6-10-24/h1-10,12,16,19,23H,11,13-15,17-18,20-21H2,(H,29,30)(H,31,33). The highest BCUT2D eigenvalue weighted by Crippen LogP contribution is 2.18. The topological polar surface area (TPSA) is 83.6 Å². The van der Waals surface area contributed by atoms with Gasteiger partial charge in [-0.15, -0.1) is 0 Å². The molecule has 1 aromatic heterocycles. The summed E-state index contributed by atoms with van der Waals surface area (Å²) in [6.45, 7) is 2.89. The van der Waals surface area contributed by atoms with Crippen molar-refractivity contribution >= 4 is 17.8 Å².